The Morgan fingerprint density at radius 2 is 2.50 bits per heavy atom. The van der Waals surface area contributed by atoms with E-state index in [0.717, 1.165) is 19.7 Å². The molecule has 56 valence electrons. The third kappa shape index (κ3) is 0.602. The molecule has 0 amide bonds. The predicted octanol–water partition coefficient (Wildman–Crippen LogP) is -0.895. The fraction of sp³-hybridized carbons (Fsp3) is 0.833. The molecule has 2 fully saturated rings. The summed E-state index contributed by atoms with van der Waals surface area (Å²) in [5, 5.41) is 3.12. The molecule has 2 rings (SSSR count). The van der Waals surface area contributed by atoms with Crippen molar-refractivity contribution in [3.8, 4) is 0 Å². The Kier molecular flexibility index (Phi) is 1.18. The summed E-state index contributed by atoms with van der Waals surface area (Å²) in [4.78, 5) is 9.91. The zero-order valence-electron chi connectivity index (χ0n) is 5.50. The highest BCUT2D eigenvalue weighted by molar-refractivity contribution is 5.37. The second kappa shape index (κ2) is 1.93. The number of hydrogen-bond acceptors (Lipinski definition) is 4. The first kappa shape index (κ1) is 6.12. The van der Waals surface area contributed by atoms with Crippen molar-refractivity contribution in [2.45, 2.75) is 6.29 Å². The summed E-state index contributed by atoms with van der Waals surface area (Å²) in [6, 6.07) is 0. The van der Waals surface area contributed by atoms with Crippen LogP contribution in [0.4, 0.5) is 0 Å². The van der Waals surface area contributed by atoms with Gasteiger partial charge in [0.2, 0.25) is 6.29 Å². The van der Waals surface area contributed by atoms with Crippen LogP contribution in [0.5, 0.6) is 0 Å². The average molecular weight is 143 g/mol. The minimum Gasteiger partial charge on any atom is -0.437 e. The third-order valence-corrected chi connectivity index (χ3v) is 2.16. The molecule has 1 spiro atoms. The van der Waals surface area contributed by atoms with Crippen LogP contribution in [-0.4, -0.2) is 32.5 Å². The maximum absolute atomic E-state index is 9.91. The Morgan fingerprint density at radius 3 is 2.80 bits per heavy atom. The molecule has 2 heterocycles. The Bertz CT molecular complexity index is 150. The van der Waals surface area contributed by atoms with Crippen LogP contribution >= 0.6 is 0 Å². The molecular formula is C6H9NO3. The molecule has 2 saturated heterocycles. The van der Waals surface area contributed by atoms with Gasteiger partial charge >= 0.3 is 0 Å². The van der Waals surface area contributed by atoms with Gasteiger partial charge in [-0.05, 0) is 0 Å². The normalized spacial score (nSPS) is 34.2. The highest BCUT2D eigenvalue weighted by Gasteiger charge is 2.54. The van der Waals surface area contributed by atoms with Gasteiger partial charge in [0.15, 0.2) is 0 Å². The molecule has 2 aliphatic heterocycles. The van der Waals surface area contributed by atoms with Crippen molar-refractivity contribution in [2.75, 3.05) is 19.7 Å². The quantitative estimate of drug-likeness (QED) is 0.509. The van der Waals surface area contributed by atoms with E-state index in [4.69, 9.17) is 9.47 Å². The topological polar surface area (TPSA) is 47.6 Å². The SMILES string of the molecule is O=COC1OCC12CNC2. The average Bonchev–Trinajstić information content (AvgIpc) is 1.77. The van der Waals surface area contributed by atoms with Gasteiger partial charge in [0, 0.05) is 13.1 Å². The fourth-order valence-electron chi connectivity index (χ4n) is 1.34. The highest BCUT2D eigenvalue weighted by atomic mass is 16.7. The van der Waals surface area contributed by atoms with Crippen molar-refractivity contribution in [3.05, 3.63) is 0 Å². The predicted molar refractivity (Wildman–Crippen MR) is 32.2 cm³/mol. The molecular weight excluding hydrogens is 134 g/mol. The lowest BCUT2D eigenvalue weighted by Gasteiger charge is -2.53. The molecule has 0 aromatic carbocycles. The van der Waals surface area contributed by atoms with E-state index in [2.05, 4.69) is 5.32 Å². The van der Waals surface area contributed by atoms with Gasteiger partial charge in [0.1, 0.15) is 0 Å². The number of hydrogen-bond donors (Lipinski definition) is 1. The van der Waals surface area contributed by atoms with Crippen LogP contribution in [0, 0.1) is 5.41 Å². The second-order valence-corrected chi connectivity index (χ2v) is 2.84. The molecule has 0 bridgehead atoms. The van der Waals surface area contributed by atoms with E-state index in [-0.39, 0.29) is 11.7 Å². The fourth-order valence-corrected chi connectivity index (χ4v) is 1.34. The molecule has 0 aromatic heterocycles. The maximum Gasteiger partial charge on any atom is 0.295 e. The first-order valence-electron chi connectivity index (χ1n) is 3.29. The van der Waals surface area contributed by atoms with E-state index in [1.54, 1.807) is 0 Å². The zero-order chi connectivity index (χ0) is 7.03. The number of ether oxygens (including phenoxy) is 2. The lowest BCUT2D eigenvalue weighted by molar-refractivity contribution is -0.304. The first-order valence-corrected chi connectivity index (χ1v) is 3.29. The van der Waals surface area contributed by atoms with Gasteiger partial charge in [-0.1, -0.05) is 0 Å². The molecule has 10 heavy (non-hydrogen) atoms. The number of carbonyl (C=O) groups excluding carboxylic acids is 1. The number of nitrogens with one attached hydrogen (secondary N) is 1. The van der Waals surface area contributed by atoms with E-state index in [1.165, 1.54) is 0 Å². The molecule has 2 aliphatic rings. The Labute approximate surface area is 58.5 Å². The summed E-state index contributed by atoms with van der Waals surface area (Å²) < 4.78 is 9.73. The van der Waals surface area contributed by atoms with Gasteiger partial charge < -0.3 is 14.8 Å². The largest absolute Gasteiger partial charge is 0.437 e. The van der Waals surface area contributed by atoms with Crippen LogP contribution in [0.25, 0.3) is 0 Å². The molecule has 4 heteroatoms. The van der Waals surface area contributed by atoms with Gasteiger partial charge in [0.25, 0.3) is 6.47 Å². The zero-order valence-corrected chi connectivity index (χ0v) is 5.50. The van der Waals surface area contributed by atoms with E-state index in [0.29, 0.717) is 6.47 Å². The van der Waals surface area contributed by atoms with Crippen molar-refractivity contribution in [3.63, 3.8) is 0 Å². The Hall–Kier alpha value is -0.610. The van der Waals surface area contributed by atoms with Crippen LogP contribution in [0.1, 0.15) is 0 Å². The summed E-state index contributed by atoms with van der Waals surface area (Å²) in [6.45, 7) is 2.99. The standard InChI is InChI=1S/C6H9NO3/c8-4-10-5-6(3-9-5)1-7-2-6/h4-5,7H,1-3H2. The van der Waals surface area contributed by atoms with Gasteiger partial charge in [-0.2, -0.15) is 0 Å². The lowest BCUT2D eigenvalue weighted by Crippen LogP contribution is -2.70. The van der Waals surface area contributed by atoms with Gasteiger partial charge in [-0.3, -0.25) is 4.79 Å². The van der Waals surface area contributed by atoms with Gasteiger partial charge in [0.05, 0.1) is 12.0 Å². The van der Waals surface area contributed by atoms with E-state index in [9.17, 15) is 4.79 Å². The first-order chi connectivity index (χ1) is 4.87. The molecule has 1 N–H and O–H groups in total. The summed E-state index contributed by atoms with van der Waals surface area (Å²) >= 11 is 0. The molecule has 0 aliphatic carbocycles. The summed E-state index contributed by atoms with van der Waals surface area (Å²) in [7, 11) is 0. The van der Waals surface area contributed by atoms with Crippen LogP contribution in [-0.2, 0) is 14.3 Å². The highest BCUT2D eigenvalue weighted by Crippen LogP contribution is 2.38. The third-order valence-electron chi connectivity index (χ3n) is 2.16. The number of carbonyl (C=O) groups is 1. The lowest BCUT2D eigenvalue weighted by atomic mass is 9.78. The van der Waals surface area contributed by atoms with E-state index in [1.807, 2.05) is 0 Å². The van der Waals surface area contributed by atoms with Gasteiger partial charge in [-0.25, -0.2) is 0 Å². The van der Waals surface area contributed by atoms with Crippen molar-refractivity contribution in [1.82, 2.24) is 5.32 Å². The summed E-state index contributed by atoms with van der Waals surface area (Å²) in [6.07, 6.45) is -0.286. The van der Waals surface area contributed by atoms with Gasteiger partial charge in [-0.15, -0.1) is 0 Å². The summed E-state index contributed by atoms with van der Waals surface area (Å²) in [5.74, 6) is 0. The Morgan fingerprint density at radius 1 is 1.70 bits per heavy atom. The minimum atomic E-state index is -0.286. The second-order valence-electron chi connectivity index (χ2n) is 2.84. The molecule has 1 atom stereocenters. The molecule has 0 radical (unpaired) electrons. The smallest absolute Gasteiger partial charge is 0.295 e. The van der Waals surface area contributed by atoms with E-state index >= 15 is 0 Å². The maximum atomic E-state index is 9.91. The molecule has 4 nitrogen and oxygen atoms in total. The minimum absolute atomic E-state index is 0.126. The van der Waals surface area contributed by atoms with Crippen LogP contribution in [0.15, 0.2) is 0 Å². The molecule has 0 saturated carbocycles. The van der Waals surface area contributed by atoms with Crippen molar-refractivity contribution < 1.29 is 14.3 Å². The monoisotopic (exact) mass is 143 g/mol. The van der Waals surface area contributed by atoms with E-state index < -0.39 is 0 Å². The van der Waals surface area contributed by atoms with Crippen molar-refractivity contribution in [1.29, 1.82) is 0 Å². The van der Waals surface area contributed by atoms with Crippen LogP contribution in [0.2, 0.25) is 0 Å². The summed E-state index contributed by atoms with van der Waals surface area (Å²) in [5.41, 5.74) is 0.126. The van der Waals surface area contributed by atoms with Crippen LogP contribution in [0.3, 0.4) is 0 Å². The Balaban J connectivity index is 1.92. The van der Waals surface area contributed by atoms with Crippen molar-refractivity contribution in [2.24, 2.45) is 5.41 Å². The number of rotatable bonds is 2. The van der Waals surface area contributed by atoms with Crippen molar-refractivity contribution >= 4 is 6.47 Å². The molecule has 1 unspecified atom stereocenters. The molecule has 0 aromatic rings. The van der Waals surface area contributed by atoms with Crippen LogP contribution < -0.4 is 5.32 Å².